The summed E-state index contributed by atoms with van der Waals surface area (Å²) >= 11 is 0. The average molecular weight is 448 g/mol. The number of aromatic nitrogens is 1. The third kappa shape index (κ3) is 6.12. The van der Waals surface area contributed by atoms with E-state index in [1.165, 1.54) is 44.3 Å². The van der Waals surface area contributed by atoms with E-state index >= 15 is 0 Å². The van der Waals surface area contributed by atoms with E-state index in [1.54, 1.807) is 0 Å². The number of benzene rings is 1. The lowest BCUT2D eigenvalue weighted by atomic mass is 10.0. The molecule has 0 bridgehead atoms. The Bertz CT molecular complexity index is 908. The Morgan fingerprint density at radius 1 is 0.879 bits per heavy atom. The number of piperidine rings is 1. The number of carbonyl (C=O) groups excluding carboxylic acids is 1. The predicted molar refractivity (Wildman–Crippen MR) is 132 cm³/mol. The van der Waals surface area contributed by atoms with Crippen LogP contribution in [0.5, 0.6) is 0 Å². The van der Waals surface area contributed by atoms with Crippen LogP contribution in [0.1, 0.15) is 48.2 Å². The number of amides is 1. The second-order valence-electron chi connectivity index (χ2n) is 9.90. The number of anilines is 1. The smallest absolute Gasteiger partial charge is 0.269 e. The van der Waals surface area contributed by atoms with Crippen LogP contribution in [0.25, 0.3) is 0 Å². The van der Waals surface area contributed by atoms with Crippen LogP contribution in [0.2, 0.25) is 0 Å². The Labute approximate surface area is 198 Å². The number of nitrogens with one attached hydrogen (secondary N) is 1. The van der Waals surface area contributed by atoms with Gasteiger partial charge >= 0.3 is 0 Å². The first-order valence-electron chi connectivity index (χ1n) is 12.7. The zero-order valence-electron chi connectivity index (χ0n) is 19.7. The summed E-state index contributed by atoms with van der Waals surface area (Å²) in [5.74, 6) is 1.58. The second-order valence-corrected chi connectivity index (χ2v) is 9.90. The van der Waals surface area contributed by atoms with Crippen molar-refractivity contribution in [1.29, 1.82) is 0 Å². The number of hydrogen-bond acceptors (Lipinski definition) is 5. The zero-order valence-corrected chi connectivity index (χ0v) is 19.7. The summed E-state index contributed by atoms with van der Waals surface area (Å²) < 4.78 is 0. The van der Waals surface area contributed by atoms with E-state index in [1.807, 2.05) is 12.1 Å². The summed E-state index contributed by atoms with van der Waals surface area (Å²) in [7, 11) is 0. The normalized spacial score (nSPS) is 21.0. The molecule has 0 spiro atoms. The van der Waals surface area contributed by atoms with Gasteiger partial charge in [0, 0.05) is 45.3 Å². The van der Waals surface area contributed by atoms with Crippen molar-refractivity contribution >= 4 is 11.7 Å². The van der Waals surface area contributed by atoms with Crippen molar-refractivity contribution < 1.29 is 4.79 Å². The molecular weight excluding hydrogens is 410 g/mol. The van der Waals surface area contributed by atoms with E-state index in [-0.39, 0.29) is 5.91 Å². The van der Waals surface area contributed by atoms with Gasteiger partial charge in [-0.15, -0.1) is 0 Å². The fraction of sp³-hybridized carbons (Fsp3) is 0.556. The monoisotopic (exact) mass is 447 g/mol. The maximum atomic E-state index is 12.5. The van der Waals surface area contributed by atoms with E-state index in [9.17, 15) is 4.79 Å². The van der Waals surface area contributed by atoms with Crippen LogP contribution in [-0.4, -0.2) is 72.5 Å². The summed E-state index contributed by atoms with van der Waals surface area (Å²) in [5, 5.41) is 3.04. The van der Waals surface area contributed by atoms with Crippen molar-refractivity contribution in [2.75, 3.05) is 50.7 Å². The lowest BCUT2D eigenvalue weighted by Gasteiger charge is -2.38. The molecule has 1 aromatic carbocycles. The fourth-order valence-electron chi connectivity index (χ4n) is 5.19. The Morgan fingerprint density at radius 2 is 1.70 bits per heavy atom. The Kier molecular flexibility index (Phi) is 7.22. The highest BCUT2D eigenvalue weighted by atomic mass is 16.1. The molecule has 0 atom stereocenters. The third-order valence-corrected chi connectivity index (χ3v) is 7.39. The van der Waals surface area contributed by atoms with E-state index in [0.29, 0.717) is 17.7 Å². The largest absolute Gasteiger partial charge is 0.355 e. The lowest BCUT2D eigenvalue weighted by molar-refractivity contribution is 0.0947. The summed E-state index contributed by atoms with van der Waals surface area (Å²) in [6.45, 7) is 8.42. The number of pyridine rings is 1. The van der Waals surface area contributed by atoms with Crippen molar-refractivity contribution in [2.45, 2.75) is 44.7 Å². The highest BCUT2D eigenvalue weighted by molar-refractivity contribution is 5.92. The topological polar surface area (TPSA) is 51.7 Å². The summed E-state index contributed by atoms with van der Waals surface area (Å²) in [5.41, 5.74) is 1.96. The molecule has 1 aromatic heterocycles. The van der Waals surface area contributed by atoms with Crippen molar-refractivity contribution in [2.24, 2.45) is 5.92 Å². The Morgan fingerprint density at radius 3 is 2.48 bits per heavy atom. The van der Waals surface area contributed by atoms with Gasteiger partial charge < -0.3 is 10.2 Å². The Balaban J connectivity index is 1.11. The van der Waals surface area contributed by atoms with Crippen LogP contribution < -0.4 is 10.2 Å². The lowest BCUT2D eigenvalue weighted by Crippen LogP contribution is -2.46. The molecule has 6 heteroatoms. The molecule has 0 radical (unpaired) electrons. The van der Waals surface area contributed by atoms with Crippen LogP contribution >= 0.6 is 0 Å². The van der Waals surface area contributed by atoms with Gasteiger partial charge in [-0.2, -0.15) is 0 Å². The molecule has 2 aliphatic heterocycles. The van der Waals surface area contributed by atoms with Gasteiger partial charge in [0.15, 0.2) is 0 Å². The van der Waals surface area contributed by atoms with Gasteiger partial charge in [0.05, 0.1) is 0 Å². The van der Waals surface area contributed by atoms with Crippen LogP contribution in [-0.2, 0) is 6.54 Å². The average Bonchev–Trinajstić information content (AvgIpc) is 3.71. The number of carbonyl (C=O) groups is 1. The number of hydrogen-bond donors (Lipinski definition) is 1. The molecule has 33 heavy (non-hydrogen) atoms. The molecule has 176 valence electrons. The van der Waals surface area contributed by atoms with Crippen LogP contribution in [0, 0.1) is 5.92 Å². The molecule has 3 fully saturated rings. The maximum Gasteiger partial charge on any atom is 0.269 e. The number of rotatable bonds is 7. The highest BCUT2D eigenvalue weighted by Crippen LogP contribution is 2.27. The van der Waals surface area contributed by atoms with Gasteiger partial charge in [-0.05, 0) is 68.8 Å². The van der Waals surface area contributed by atoms with Gasteiger partial charge in [0.1, 0.15) is 11.5 Å². The zero-order chi connectivity index (χ0) is 22.5. The molecular formula is C27H37N5O. The van der Waals surface area contributed by atoms with Crippen LogP contribution in [0.15, 0.2) is 48.5 Å². The summed E-state index contributed by atoms with van der Waals surface area (Å²) in [6.07, 6.45) is 6.13. The molecule has 6 nitrogen and oxygen atoms in total. The van der Waals surface area contributed by atoms with Crippen molar-refractivity contribution in [3.63, 3.8) is 0 Å². The first-order valence-corrected chi connectivity index (χ1v) is 12.7. The van der Waals surface area contributed by atoms with Crippen molar-refractivity contribution in [3.05, 3.63) is 59.8 Å². The van der Waals surface area contributed by atoms with Gasteiger partial charge in [0.25, 0.3) is 5.91 Å². The molecule has 2 aromatic rings. The van der Waals surface area contributed by atoms with E-state index in [0.717, 1.165) is 51.5 Å². The van der Waals surface area contributed by atoms with E-state index in [4.69, 9.17) is 4.98 Å². The second kappa shape index (κ2) is 10.7. The number of likely N-dealkylation sites (tertiary alicyclic amines) is 1. The van der Waals surface area contributed by atoms with Crippen molar-refractivity contribution in [1.82, 2.24) is 20.1 Å². The van der Waals surface area contributed by atoms with Gasteiger partial charge in [0.2, 0.25) is 0 Å². The van der Waals surface area contributed by atoms with Crippen LogP contribution in [0.3, 0.4) is 0 Å². The molecule has 3 aliphatic rings. The SMILES string of the molecule is O=C(NCC1CC1)c1cccc(N2CCCN(C3CCN(Cc4ccccc4)CC3)CC2)n1. The van der Waals surface area contributed by atoms with Crippen molar-refractivity contribution in [3.8, 4) is 0 Å². The first-order chi connectivity index (χ1) is 16.2. The minimum absolute atomic E-state index is 0.0394. The highest BCUT2D eigenvalue weighted by Gasteiger charge is 2.27. The third-order valence-electron chi connectivity index (χ3n) is 7.39. The first kappa shape index (κ1) is 22.4. The standard InChI is InChI=1S/C27H37N5O/c33-27(28-20-22-10-11-22)25-8-4-9-26(29-25)32-15-5-14-31(18-19-32)24-12-16-30(17-13-24)21-23-6-2-1-3-7-23/h1-4,6-9,22,24H,5,10-21H2,(H,28,33). The minimum atomic E-state index is -0.0394. The van der Waals surface area contributed by atoms with Gasteiger partial charge in [-0.3, -0.25) is 14.6 Å². The van der Waals surface area contributed by atoms with E-state index < -0.39 is 0 Å². The quantitative estimate of drug-likeness (QED) is 0.705. The Hall–Kier alpha value is -2.44. The number of nitrogens with zero attached hydrogens (tertiary/aromatic N) is 4. The molecule has 1 amide bonds. The molecule has 2 saturated heterocycles. The predicted octanol–water partition coefficient (Wildman–Crippen LogP) is 3.40. The minimum Gasteiger partial charge on any atom is -0.355 e. The van der Waals surface area contributed by atoms with Gasteiger partial charge in [-0.1, -0.05) is 36.4 Å². The maximum absolute atomic E-state index is 12.5. The summed E-state index contributed by atoms with van der Waals surface area (Å²) in [6, 6.07) is 17.4. The summed E-state index contributed by atoms with van der Waals surface area (Å²) in [4.78, 5) is 24.8. The molecule has 1 aliphatic carbocycles. The van der Waals surface area contributed by atoms with Gasteiger partial charge in [-0.25, -0.2) is 4.98 Å². The molecule has 5 rings (SSSR count). The fourth-order valence-corrected chi connectivity index (χ4v) is 5.19. The molecule has 0 unspecified atom stereocenters. The van der Waals surface area contributed by atoms with E-state index in [2.05, 4.69) is 56.4 Å². The molecule has 1 N–H and O–H groups in total. The molecule has 1 saturated carbocycles. The molecule has 3 heterocycles. The van der Waals surface area contributed by atoms with Crippen LogP contribution in [0.4, 0.5) is 5.82 Å².